The maximum absolute atomic E-state index is 12.7. The molecular weight excluding hydrogens is 492 g/mol. The molecule has 0 fully saturated rings. The van der Waals surface area contributed by atoms with Gasteiger partial charge in [-0.2, -0.15) is 0 Å². The normalized spacial score (nSPS) is 19.8. The Bertz CT molecular complexity index is 1250. The zero-order valence-electron chi connectivity index (χ0n) is 23.9. The molecule has 2 N–H and O–H groups in total. The number of ether oxygens (including phenoxy) is 2. The summed E-state index contributed by atoms with van der Waals surface area (Å²) in [5.41, 5.74) is 2.34. The second-order valence-electron chi connectivity index (χ2n) is 12.2. The van der Waals surface area contributed by atoms with Gasteiger partial charge in [0.2, 0.25) is 0 Å². The van der Waals surface area contributed by atoms with Gasteiger partial charge >= 0.3 is 11.9 Å². The lowest BCUT2D eigenvalue weighted by Crippen LogP contribution is -2.45. The minimum absolute atomic E-state index is 0.0236. The Morgan fingerprint density at radius 3 is 2.51 bits per heavy atom. The largest absolute Gasteiger partial charge is 0.508 e. The number of esters is 1. The number of carbonyl (C=O) groups excluding carboxylic acids is 1. The number of unbranched alkanes of at least 4 members (excludes halogenated alkanes) is 3. The number of aromatic carboxylic acids is 1. The molecule has 4 rings (SSSR count). The quantitative estimate of drug-likeness (QED) is 0.184. The summed E-state index contributed by atoms with van der Waals surface area (Å²) in [6.45, 7) is 11.0. The van der Waals surface area contributed by atoms with Gasteiger partial charge in [-0.1, -0.05) is 64.7 Å². The van der Waals surface area contributed by atoms with Gasteiger partial charge in [-0.3, -0.25) is 0 Å². The van der Waals surface area contributed by atoms with Gasteiger partial charge in [-0.25, -0.2) is 9.59 Å². The number of carbonyl (C=O) groups is 2. The van der Waals surface area contributed by atoms with Crippen LogP contribution in [-0.4, -0.2) is 34.4 Å². The van der Waals surface area contributed by atoms with E-state index in [4.69, 9.17) is 9.47 Å². The molecule has 1 heterocycles. The average molecular weight is 535 g/mol. The molecule has 6 heteroatoms. The number of carboxylic acid groups (broad SMARTS) is 1. The van der Waals surface area contributed by atoms with Crippen LogP contribution in [0.2, 0.25) is 0 Å². The fraction of sp³-hybridized carbons (Fsp3) is 0.515. The highest BCUT2D eigenvalue weighted by molar-refractivity contribution is 6.02. The molecule has 2 atom stereocenters. The van der Waals surface area contributed by atoms with Crippen LogP contribution in [0.3, 0.4) is 0 Å². The summed E-state index contributed by atoms with van der Waals surface area (Å²) in [7, 11) is 0. The second-order valence-corrected chi connectivity index (χ2v) is 12.2. The van der Waals surface area contributed by atoms with Crippen LogP contribution in [0.25, 0.3) is 0 Å². The molecule has 2 aliphatic rings. The van der Waals surface area contributed by atoms with Gasteiger partial charge < -0.3 is 19.7 Å². The number of aromatic hydroxyl groups is 1. The number of phenolic OH excluding ortho intramolecular Hbond substituents is 1. The number of phenols is 1. The van der Waals surface area contributed by atoms with Crippen molar-refractivity contribution in [2.45, 2.75) is 96.5 Å². The molecule has 6 nitrogen and oxygen atoms in total. The van der Waals surface area contributed by atoms with E-state index in [0.717, 1.165) is 41.7 Å². The predicted molar refractivity (Wildman–Crippen MR) is 152 cm³/mol. The second kappa shape index (κ2) is 11.4. The summed E-state index contributed by atoms with van der Waals surface area (Å²) >= 11 is 0. The number of rotatable bonds is 10. The molecule has 0 radical (unpaired) electrons. The first-order valence-electron chi connectivity index (χ1n) is 14.2. The van der Waals surface area contributed by atoms with Gasteiger partial charge in [0.15, 0.2) is 0 Å². The highest BCUT2D eigenvalue weighted by Gasteiger charge is 2.46. The molecule has 0 spiro atoms. The number of hydrogen-bond donors (Lipinski definition) is 2. The number of benzene rings is 2. The number of fused-ring (bicyclic) bond motifs is 3. The molecule has 1 aliphatic heterocycles. The van der Waals surface area contributed by atoms with Gasteiger partial charge in [0, 0.05) is 17.4 Å². The van der Waals surface area contributed by atoms with Crippen molar-refractivity contribution in [1.82, 2.24) is 0 Å². The fourth-order valence-corrected chi connectivity index (χ4v) is 6.20. The molecule has 0 bridgehead atoms. The van der Waals surface area contributed by atoms with Crippen molar-refractivity contribution >= 4 is 11.9 Å². The molecule has 0 unspecified atom stereocenters. The van der Waals surface area contributed by atoms with E-state index in [2.05, 4.69) is 46.8 Å². The van der Waals surface area contributed by atoms with Crippen molar-refractivity contribution in [1.29, 1.82) is 0 Å². The summed E-state index contributed by atoms with van der Waals surface area (Å²) in [5.74, 6) is -0.624. The minimum atomic E-state index is -1.16. The Morgan fingerprint density at radius 1 is 1.10 bits per heavy atom. The summed E-state index contributed by atoms with van der Waals surface area (Å²) in [4.78, 5) is 24.2. The molecule has 0 amide bonds. The summed E-state index contributed by atoms with van der Waals surface area (Å²) < 4.78 is 12.1. The molecular formula is C33H42O6. The first kappa shape index (κ1) is 28.7. The van der Waals surface area contributed by atoms with Crippen LogP contribution < -0.4 is 4.74 Å². The van der Waals surface area contributed by atoms with Crippen LogP contribution >= 0.6 is 0 Å². The molecule has 39 heavy (non-hydrogen) atoms. The lowest BCUT2D eigenvalue weighted by molar-refractivity contribution is 0.00594. The Morgan fingerprint density at radius 2 is 1.82 bits per heavy atom. The Labute approximate surface area is 232 Å². The van der Waals surface area contributed by atoms with Crippen LogP contribution in [0.4, 0.5) is 0 Å². The van der Waals surface area contributed by atoms with Gasteiger partial charge in [-0.05, 0) is 73.9 Å². The van der Waals surface area contributed by atoms with Gasteiger partial charge in [0.05, 0.1) is 11.1 Å². The third kappa shape index (κ3) is 6.15. The smallest absolute Gasteiger partial charge is 0.339 e. The van der Waals surface area contributed by atoms with E-state index < -0.39 is 17.5 Å². The predicted octanol–water partition coefficient (Wildman–Crippen LogP) is 7.79. The standard InChI is InChI=1S/C33H42O6/c1-6-7-8-11-16-32(2,3)22-18-27(34)29-25-17-21(14-15-26(25)33(4,5)39-28(29)19-22)20-38-31(37)24-13-10-9-12-23(24)30(35)36/h9-10,12-14,18-19,25-26,34H,6-8,11,15-17,20H2,1-5H3,(H,35,36)/t25-,26-/m0/s1. The van der Waals surface area contributed by atoms with Crippen LogP contribution in [0.5, 0.6) is 11.5 Å². The molecule has 210 valence electrons. The molecule has 0 saturated carbocycles. The molecule has 0 saturated heterocycles. The SMILES string of the molecule is CCCCCCC(C)(C)c1cc(O)c2c(c1)OC(C)(C)[C@H]1CC=C(COC(=O)c3ccccc3C(=O)O)C[C@H]21. The van der Waals surface area contributed by atoms with Crippen molar-refractivity contribution < 1.29 is 29.3 Å². The molecule has 1 aliphatic carbocycles. The van der Waals surface area contributed by atoms with Crippen LogP contribution in [0.1, 0.15) is 117 Å². The third-order valence-electron chi connectivity index (χ3n) is 8.59. The number of carboxylic acids is 1. The van der Waals surface area contributed by atoms with E-state index in [-0.39, 0.29) is 40.7 Å². The van der Waals surface area contributed by atoms with E-state index in [9.17, 15) is 19.8 Å². The zero-order valence-corrected chi connectivity index (χ0v) is 23.9. The number of hydrogen-bond acceptors (Lipinski definition) is 5. The highest BCUT2D eigenvalue weighted by atomic mass is 16.5. The summed E-state index contributed by atoms with van der Waals surface area (Å²) in [6, 6.07) is 10.1. The lowest BCUT2D eigenvalue weighted by Gasteiger charge is -2.47. The van der Waals surface area contributed by atoms with Crippen LogP contribution in [-0.2, 0) is 10.2 Å². The number of allylic oxidation sites excluding steroid dienone is 1. The first-order chi connectivity index (χ1) is 18.4. The summed E-state index contributed by atoms with van der Waals surface area (Å²) in [5, 5.41) is 20.7. The zero-order chi connectivity index (χ0) is 28.4. The monoisotopic (exact) mass is 534 g/mol. The van der Waals surface area contributed by atoms with Crippen molar-refractivity contribution in [2.24, 2.45) is 5.92 Å². The van der Waals surface area contributed by atoms with Crippen molar-refractivity contribution in [3.8, 4) is 11.5 Å². The third-order valence-corrected chi connectivity index (χ3v) is 8.59. The Hall–Kier alpha value is -3.28. The topological polar surface area (TPSA) is 93.1 Å². The van der Waals surface area contributed by atoms with Gasteiger partial charge in [0.1, 0.15) is 23.7 Å². The molecule has 0 aromatic heterocycles. The van der Waals surface area contributed by atoms with Crippen molar-refractivity contribution in [3.63, 3.8) is 0 Å². The summed E-state index contributed by atoms with van der Waals surface area (Å²) in [6.07, 6.45) is 9.32. The van der Waals surface area contributed by atoms with E-state index >= 15 is 0 Å². The van der Waals surface area contributed by atoms with E-state index in [1.807, 2.05) is 6.07 Å². The Kier molecular flexibility index (Phi) is 8.43. The fourth-order valence-electron chi connectivity index (χ4n) is 6.20. The average Bonchev–Trinajstić information content (AvgIpc) is 2.89. The Balaban J connectivity index is 1.54. The minimum Gasteiger partial charge on any atom is -0.508 e. The van der Waals surface area contributed by atoms with E-state index in [1.54, 1.807) is 12.1 Å². The lowest BCUT2D eigenvalue weighted by atomic mass is 9.66. The van der Waals surface area contributed by atoms with Crippen LogP contribution in [0.15, 0.2) is 48.0 Å². The highest BCUT2D eigenvalue weighted by Crippen LogP contribution is 2.55. The molecule has 2 aromatic rings. The van der Waals surface area contributed by atoms with Crippen LogP contribution in [0, 0.1) is 5.92 Å². The maximum atomic E-state index is 12.7. The van der Waals surface area contributed by atoms with Crippen molar-refractivity contribution in [2.75, 3.05) is 6.61 Å². The first-order valence-corrected chi connectivity index (χ1v) is 14.2. The van der Waals surface area contributed by atoms with Gasteiger partial charge in [-0.15, -0.1) is 0 Å². The maximum Gasteiger partial charge on any atom is 0.339 e. The van der Waals surface area contributed by atoms with Crippen molar-refractivity contribution in [3.05, 3.63) is 70.3 Å². The van der Waals surface area contributed by atoms with Gasteiger partial charge in [0.25, 0.3) is 0 Å². The molecule has 2 aromatic carbocycles. The van der Waals surface area contributed by atoms with E-state index in [0.29, 0.717) is 6.42 Å². The van der Waals surface area contributed by atoms with E-state index in [1.165, 1.54) is 31.4 Å².